The highest BCUT2D eigenvalue weighted by atomic mass is 16.5. The molecule has 0 fully saturated rings. The Morgan fingerprint density at radius 1 is 1.00 bits per heavy atom. The first kappa shape index (κ1) is 19.6. The first-order chi connectivity index (χ1) is 12.6. The zero-order chi connectivity index (χ0) is 18.8. The van der Waals surface area contributed by atoms with E-state index in [9.17, 15) is 4.79 Å². The third kappa shape index (κ3) is 6.29. The van der Waals surface area contributed by atoms with Gasteiger partial charge in [-0.15, -0.1) is 0 Å². The molecule has 0 unspecified atom stereocenters. The Morgan fingerprint density at radius 3 is 2.35 bits per heavy atom. The molecular weight excluding hydrogens is 332 g/mol. The van der Waals surface area contributed by atoms with Crippen LogP contribution in [-0.2, 0) is 4.79 Å². The summed E-state index contributed by atoms with van der Waals surface area (Å²) in [7, 11) is 3.23. The van der Waals surface area contributed by atoms with Crippen molar-refractivity contribution in [2.45, 2.75) is 6.92 Å². The fourth-order valence-corrected chi connectivity index (χ4v) is 2.42. The van der Waals surface area contributed by atoms with Crippen LogP contribution >= 0.6 is 0 Å². The summed E-state index contributed by atoms with van der Waals surface area (Å²) in [4.78, 5) is 14.3. The van der Waals surface area contributed by atoms with Gasteiger partial charge in [-0.3, -0.25) is 9.69 Å². The van der Waals surface area contributed by atoms with Crippen molar-refractivity contribution in [3.05, 3.63) is 48.5 Å². The number of rotatable bonds is 10. The number of hydrogen-bond donors (Lipinski definition) is 1. The van der Waals surface area contributed by atoms with Crippen molar-refractivity contribution in [3.63, 3.8) is 0 Å². The Labute approximate surface area is 154 Å². The van der Waals surface area contributed by atoms with Gasteiger partial charge in [0.25, 0.3) is 0 Å². The number of amides is 1. The summed E-state index contributed by atoms with van der Waals surface area (Å²) in [6.07, 6.45) is 0. The summed E-state index contributed by atoms with van der Waals surface area (Å²) in [6, 6.07) is 14.8. The molecule has 1 N–H and O–H groups in total. The largest absolute Gasteiger partial charge is 0.497 e. The molecule has 2 aromatic rings. The lowest BCUT2D eigenvalue weighted by atomic mass is 10.3. The number of ether oxygens (including phenoxy) is 3. The number of anilines is 1. The number of hydrogen-bond acceptors (Lipinski definition) is 5. The molecule has 0 radical (unpaired) electrons. The molecule has 0 saturated heterocycles. The van der Waals surface area contributed by atoms with E-state index in [0.717, 1.165) is 23.7 Å². The molecule has 0 bridgehead atoms. The molecule has 0 aromatic heterocycles. The van der Waals surface area contributed by atoms with Crippen LogP contribution in [0.25, 0.3) is 0 Å². The second-order valence-corrected chi connectivity index (χ2v) is 5.67. The van der Waals surface area contributed by atoms with E-state index in [-0.39, 0.29) is 5.91 Å². The van der Waals surface area contributed by atoms with Crippen molar-refractivity contribution in [3.8, 4) is 17.2 Å². The maximum Gasteiger partial charge on any atom is 0.238 e. The van der Waals surface area contributed by atoms with Crippen molar-refractivity contribution in [1.29, 1.82) is 0 Å². The van der Waals surface area contributed by atoms with Crippen molar-refractivity contribution in [2.24, 2.45) is 0 Å². The van der Waals surface area contributed by atoms with Gasteiger partial charge >= 0.3 is 0 Å². The van der Waals surface area contributed by atoms with Crippen molar-refractivity contribution in [1.82, 2.24) is 4.90 Å². The fraction of sp³-hybridized carbons (Fsp3) is 0.350. The highest BCUT2D eigenvalue weighted by Gasteiger charge is 2.10. The van der Waals surface area contributed by atoms with E-state index < -0.39 is 0 Å². The van der Waals surface area contributed by atoms with Crippen LogP contribution in [-0.4, -0.2) is 51.3 Å². The lowest BCUT2D eigenvalue weighted by molar-refractivity contribution is -0.117. The van der Waals surface area contributed by atoms with Crippen LogP contribution < -0.4 is 19.5 Å². The van der Waals surface area contributed by atoms with Gasteiger partial charge in [0.2, 0.25) is 5.91 Å². The molecule has 6 nitrogen and oxygen atoms in total. The lowest BCUT2D eigenvalue weighted by Crippen LogP contribution is -2.35. The van der Waals surface area contributed by atoms with Crippen LogP contribution in [0.2, 0.25) is 0 Å². The second-order valence-electron chi connectivity index (χ2n) is 5.67. The van der Waals surface area contributed by atoms with Crippen LogP contribution in [0.3, 0.4) is 0 Å². The lowest BCUT2D eigenvalue weighted by Gasteiger charge is -2.20. The third-order valence-corrected chi connectivity index (χ3v) is 3.90. The van der Waals surface area contributed by atoms with Gasteiger partial charge in [-0.05, 0) is 42.9 Å². The number of nitrogens with zero attached hydrogens (tertiary/aromatic N) is 1. The van der Waals surface area contributed by atoms with E-state index in [1.165, 1.54) is 0 Å². The number of benzene rings is 2. The molecular formula is C20H26N2O4. The summed E-state index contributed by atoms with van der Waals surface area (Å²) >= 11 is 0. The van der Waals surface area contributed by atoms with Gasteiger partial charge in [0.15, 0.2) is 0 Å². The maximum absolute atomic E-state index is 12.2. The number of methoxy groups -OCH3 is 2. The quantitative estimate of drug-likeness (QED) is 0.707. The predicted octanol–water partition coefficient (Wildman–Crippen LogP) is 3.04. The van der Waals surface area contributed by atoms with Gasteiger partial charge in [-0.25, -0.2) is 0 Å². The van der Waals surface area contributed by atoms with Crippen LogP contribution in [0.4, 0.5) is 5.69 Å². The molecule has 0 aliphatic heterocycles. The van der Waals surface area contributed by atoms with Gasteiger partial charge in [0.05, 0.1) is 20.8 Å². The molecule has 0 atom stereocenters. The Bertz CT molecular complexity index is 688. The van der Waals surface area contributed by atoms with E-state index in [0.29, 0.717) is 25.4 Å². The zero-order valence-corrected chi connectivity index (χ0v) is 15.5. The fourth-order valence-electron chi connectivity index (χ4n) is 2.42. The minimum atomic E-state index is -0.0652. The molecule has 0 aliphatic rings. The van der Waals surface area contributed by atoms with Crippen LogP contribution in [0, 0.1) is 0 Å². The van der Waals surface area contributed by atoms with E-state index in [4.69, 9.17) is 14.2 Å². The van der Waals surface area contributed by atoms with Crippen LogP contribution in [0.1, 0.15) is 6.92 Å². The highest BCUT2D eigenvalue weighted by molar-refractivity contribution is 5.92. The summed E-state index contributed by atoms with van der Waals surface area (Å²) in [5, 5.41) is 2.89. The molecule has 0 spiro atoms. The van der Waals surface area contributed by atoms with Crippen molar-refractivity contribution >= 4 is 11.6 Å². The van der Waals surface area contributed by atoms with Gasteiger partial charge in [-0.1, -0.05) is 13.0 Å². The molecule has 140 valence electrons. The number of carbonyl (C=O) groups is 1. The number of carbonyl (C=O) groups excluding carboxylic acids is 1. The van der Waals surface area contributed by atoms with E-state index >= 15 is 0 Å². The first-order valence-corrected chi connectivity index (χ1v) is 8.57. The standard InChI is InChI=1S/C20H26N2O4/c1-4-22(12-13-26-18-10-8-17(24-2)9-11-18)15-20(23)21-16-6-5-7-19(14-16)25-3/h5-11,14H,4,12-13,15H2,1-3H3,(H,21,23). The molecule has 0 saturated carbocycles. The van der Waals surface area contributed by atoms with E-state index in [2.05, 4.69) is 5.32 Å². The average molecular weight is 358 g/mol. The molecule has 2 aromatic carbocycles. The Morgan fingerprint density at radius 2 is 1.69 bits per heavy atom. The van der Waals surface area contributed by atoms with Gasteiger partial charge < -0.3 is 19.5 Å². The van der Waals surface area contributed by atoms with Crippen LogP contribution in [0.15, 0.2) is 48.5 Å². The van der Waals surface area contributed by atoms with Crippen molar-refractivity contribution in [2.75, 3.05) is 45.8 Å². The smallest absolute Gasteiger partial charge is 0.238 e. The highest BCUT2D eigenvalue weighted by Crippen LogP contribution is 2.17. The Balaban J connectivity index is 1.77. The zero-order valence-electron chi connectivity index (χ0n) is 15.5. The molecule has 1 amide bonds. The second kappa shape index (κ2) is 10.3. The normalized spacial score (nSPS) is 10.5. The average Bonchev–Trinajstić information content (AvgIpc) is 2.67. The predicted molar refractivity (Wildman–Crippen MR) is 102 cm³/mol. The van der Waals surface area contributed by atoms with Crippen molar-refractivity contribution < 1.29 is 19.0 Å². The van der Waals surface area contributed by atoms with Gasteiger partial charge in [-0.2, -0.15) is 0 Å². The maximum atomic E-state index is 12.2. The molecule has 2 rings (SSSR count). The molecule has 0 heterocycles. The van der Waals surface area contributed by atoms with E-state index in [1.807, 2.05) is 54.3 Å². The summed E-state index contributed by atoms with van der Waals surface area (Å²) < 4.78 is 16.0. The van der Waals surface area contributed by atoms with E-state index in [1.54, 1.807) is 20.3 Å². The monoisotopic (exact) mass is 358 g/mol. The summed E-state index contributed by atoms with van der Waals surface area (Å²) in [5.41, 5.74) is 0.722. The topological polar surface area (TPSA) is 60.0 Å². The third-order valence-electron chi connectivity index (χ3n) is 3.90. The Hall–Kier alpha value is -2.73. The SMILES string of the molecule is CCN(CCOc1ccc(OC)cc1)CC(=O)Nc1cccc(OC)c1. The molecule has 0 aliphatic carbocycles. The first-order valence-electron chi connectivity index (χ1n) is 8.57. The number of likely N-dealkylation sites (N-methyl/N-ethyl adjacent to an activating group) is 1. The Kier molecular flexibility index (Phi) is 7.76. The number of nitrogens with one attached hydrogen (secondary N) is 1. The summed E-state index contributed by atoms with van der Waals surface area (Å²) in [6.45, 7) is 4.25. The van der Waals surface area contributed by atoms with Gasteiger partial charge in [0, 0.05) is 18.3 Å². The molecule has 6 heteroatoms. The van der Waals surface area contributed by atoms with Crippen LogP contribution in [0.5, 0.6) is 17.2 Å². The molecule has 26 heavy (non-hydrogen) atoms. The minimum absolute atomic E-state index is 0.0652. The summed E-state index contributed by atoms with van der Waals surface area (Å²) in [5.74, 6) is 2.22. The minimum Gasteiger partial charge on any atom is -0.497 e. The van der Waals surface area contributed by atoms with Gasteiger partial charge in [0.1, 0.15) is 23.9 Å².